The van der Waals surface area contributed by atoms with E-state index >= 15 is 0 Å². The molecule has 11 nitrogen and oxygen atoms in total. The maximum atomic E-state index is 10.1. The fraction of sp³-hybridized carbons (Fsp3) is 0.565. The van der Waals surface area contributed by atoms with Crippen molar-refractivity contribution in [2.24, 2.45) is 11.7 Å². The fourth-order valence-electron chi connectivity index (χ4n) is 4.00. The van der Waals surface area contributed by atoms with Crippen molar-refractivity contribution in [3.8, 4) is 29.2 Å². The zero-order chi connectivity index (χ0) is 24.3. The summed E-state index contributed by atoms with van der Waals surface area (Å²) in [4.78, 5) is 9.26. The van der Waals surface area contributed by atoms with Gasteiger partial charge in [-0.15, -0.1) is 0 Å². The Kier molecular flexibility index (Phi) is 7.02. The predicted molar refractivity (Wildman–Crippen MR) is 126 cm³/mol. The molecule has 1 unspecified atom stereocenters. The van der Waals surface area contributed by atoms with Crippen LogP contribution in [0, 0.1) is 17.8 Å². The zero-order valence-corrected chi connectivity index (χ0v) is 19.7. The van der Waals surface area contributed by atoms with Crippen LogP contribution in [-0.2, 0) is 11.3 Å². The first-order chi connectivity index (χ1) is 16.3. The standard InChI is InChI=1S/C23H31N7O4/c1-4-30-17-13-18(33-12-8-15(24)14-6-10-32-11-7-14)26-16(5-9-23(2,3)31)19(17)27-22(30)20-21(25)29-34-28-20/h13-15,31H,4,6-8,10-12,24H2,1-3H3,(H2,25,29). The van der Waals surface area contributed by atoms with Gasteiger partial charge in [-0.05, 0) is 62.2 Å². The van der Waals surface area contributed by atoms with Gasteiger partial charge in [-0.1, -0.05) is 5.92 Å². The van der Waals surface area contributed by atoms with Crippen molar-refractivity contribution in [3.05, 3.63) is 11.8 Å². The molecule has 0 aliphatic carbocycles. The van der Waals surface area contributed by atoms with Gasteiger partial charge in [-0.25, -0.2) is 14.6 Å². The molecule has 1 fully saturated rings. The Morgan fingerprint density at radius 3 is 2.71 bits per heavy atom. The Bertz CT molecular complexity index is 1200. The predicted octanol–water partition coefficient (Wildman–Crippen LogP) is 1.73. The second-order valence-electron chi connectivity index (χ2n) is 8.91. The van der Waals surface area contributed by atoms with E-state index in [1.165, 1.54) is 0 Å². The molecule has 0 amide bonds. The molecule has 4 heterocycles. The van der Waals surface area contributed by atoms with Crippen LogP contribution in [0.4, 0.5) is 5.82 Å². The molecule has 5 N–H and O–H groups in total. The van der Waals surface area contributed by atoms with Crippen molar-refractivity contribution in [2.45, 2.75) is 58.2 Å². The number of ether oxygens (including phenoxy) is 2. The van der Waals surface area contributed by atoms with Crippen LogP contribution in [0.2, 0.25) is 0 Å². The molecule has 0 aromatic carbocycles. The minimum absolute atomic E-state index is 0.0393. The molecule has 1 aliphatic rings. The summed E-state index contributed by atoms with van der Waals surface area (Å²) in [6.45, 7) is 7.70. The lowest BCUT2D eigenvalue weighted by molar-refractivity contribution is 0.0557. The molecule has 1 aliphatic heterocycles. The smallest absolute Gasteiger partial charge is 0.216 e. The Labute approximate surface area is 197 Å². The van der Waals surface area contributed by atoms with E-state index < -0.39 is 5.60 Å². The summed E-state index contributed by atoms with van der Waals surface area (Å²) in [6.07, 6.45) is 2.65. The number of aromatic nitrogens is 5. The molecular formula is C23H31N7O4. The normalized spacial score (nSPS) is 15.8. The topological polar surface area (TPSA) is 160 Å². The van der Waals surface area contributed by atoms with Crippen LogP contribution in [0.1, 0.15) is 45.7 Å². The first kappa shape index (κ1) is 23.9. The number of nitrogens with zero attached hydrogens (tertiary/aromatic N) is 5. The number of fused-ring (bicyclic) bond motifs is 1. The molecule has 0 radical (unpaired) electrons. The second-order valence-corrected chi connectivity index (χ2v) is 8.91. The van der Waals surface area contributed by atoms with Crippen LogP contribution in [0.5, 0.6) is 5.88 Å². The molecule has 34 heavy (non-hydrogen) atoms. The van der Waals surface area contributed by atoms with Crippen molar-refractivity contribution in [3.63, 3.8) is 0 Å². The molecule has 11 heteroatoms. The molecule has 0 saturated carbocycles. The van der Waals surface area contributed by atoms with Gasteiger partial charge in [0.25, 0.3) is 0 Å². The largest absolute Gasteiger partial charge is 0.478 e. The highest BCUT2D eigenvalue weighted by molar-refractivity contribution is 5.86. The van der Waals surface area contributed by atoms with Crippen LogP contribution in [0.15, 0.2) is 10.7 Å². The molecule has 0 bridgehead atoms. The number of hydrogen-bond acceptors (Lipinski definition) is 10. The van der Waals surface area contributed by atoms with Gasteiger partial charge >= 0.3 is 0 Å². The molecule has 1 atom stereocenters. The highest BCUT2D eigenvalue weighted by atomic mass is 16.6. The maximum Gasteiger partial charge on any atom is 0.216 e. The molecule has 3 aromatic heterocycles. The highest BCUT2D eigenvalue weighted by Crippen LogP contribution is 2.30. The van der Waals surface area contributed by atoms with Gasteiger partial charge in [0.2, 0.25) is 5.88 Å². The van der Waals surface area contributed by atoms with E-state index in [9.17, 15) is 5.11 Å². The molecule has 3 aromatic rings. The lowest BCUT2D eigenvalue weighted by atomic mass is 9.91. The minimum atomic E-state index is -1.20. The van der Waals surface area contributed by atoms with Crippen LogP contribution < -0.4 is 16.2 Å². The van der Waals surface area contributed by atoms with Gasteiger partial charge in [-0.3, -0.25) is 0 Å². The summed E-state index contributed by atoms with van der Waals surface area (Å²) in [5.41, 5.74) is 13.1. The van der Waals surface area contributed by atoms with Crippen molar-refractivity contribution >= 4 is 16.9 Å². The third-order valence-corrected chi connectivity index (χ3v) is 5.81. The van der Waals surface area contributed by atoms with E-state index in [1.54, 1.807) is 13.8 Å². The number of aliphatic hydroxyl groups is 1. The molecule has 0 spiro atoms. The van der Waals surface area contributed by atoms with Gasteiger partial charge in [-0.2, -0.15) is 0 Å². The lowest BCUT2D eigenvalue weighted by Crippen LogP contribution is -2.35. The van der Waals surface area contributed by atoms with E-state index in [0.29, 0.717) is 54.1 Å². The number of aryl methyl sites for hydroxylation is 1. The van der Waals surface area contributed by atoms with Gasteiger partial charge in [0.1, 0.15) is 16.8 Å². The van der Waals surface area contributed by atoms with Crippen molar-refractivity contribution < 1.29 is 19.2 Å². The van der Waals surface area contributed by atoms with E-state index in [0.717, 1.165) is 31.6 Å². The van der Waals surface area contributed by atoms with Gasteiger partial charge in [0.05, 0.1) is 12.1 Å². The monoisotopic (exact) mass is 469 g/mol. The Morgan fingerprint density at radius 2 is 2.06 bits per heavy atom. The van der Waals surface area contributed by atoms with Crippen LogP contribution in [0.25, 0.3) is 22.6 Å². The zero-order valence-electron chi connectivity index (χ0n) is 19.7. The fourth-order valence-corrected chi connectivity index (χ4v) is 4.00. The van der Waals surface area contributed by atoms with Gasteiger partial charge < -0.3 is 30.6 Å². The van der Waals surface area contributed by atoms with E-state index in [-0.39, 0.29) is 11.9 Å². The number of anilines is 1. The van der Waals surface area contributed by atoms with Crippen molar-refractivity contribution in [2.75, 3.05) is 25.6 Å². The first-order valence-corrected chi connectivity index (χ1v) is 11.5. The summed E-state index contributed by atoms with van der Waals surface area (Å²) in [5, 5.41) is 17.7. The van der Waals surface area contributed by atoms with E-state index in [2.05, 4.69) is 32.1 Å². The summed E-state index contributed by atoms with van der Waals surface area (Å²) >= 11 is 0. The average Bonchev–Trinajstić information content (AvgIpc) is 3.40. The van der Waals surface area contributed by atoms with Crippen molar-refractivity contribution in [1.29, 1.82) is 0 Å². The van der Waals surface area contributed by atoms with Crippen LogP contribution >= 0.6 is 0 Å². The Hall–Kier alpha value is -3.20. The maximum absolute atomic E-state index is 10.1. The van der Waals surface area contributed by atoms with Gasteiger partial charge in [0, 0.05) is 31.9 Å². The quantitative estimate of drug-likeness (QED) is 0.435. The van der Waals surface area contributed by atoms with Crippen molar-refractivity contribution in [1.82, 2.24) is 24.8 Å². The van der Waals surface area contributed by atoms with E-state index in [1.807, 2.05) is 17.6 Å². The van der Waals surface area contributed by atoms with Gasteiger partial charge in [0.15, 0.2) is 17.3 Å². The Morgan fingerprint density at radius 1 is 1.29 bits per heavy atom. The average molecular weight is 470 g/mol. The summed E-state index contributed by atoms with van der Waals surface area (Å²) in [6, 6.07) is 1.85. The SMILES string of the molecule is CCn1c(-c2nonc2N)nc2c(C#CC(C)(C)O)nc(OCCC(N)C3CCOCC3)cc21. The number of rotatable bonds is 7. The summed E-state index contributed by atoms with van der Waals surface area (Å²) in [5.74, 6) is 7.22. The molecule has 182 valence electrons. The second kappa shape index (κ2) is 9.97. The number of hydrogen-bond donors (Lipinski definition) is 3. The Balaban J connectivity index is 1.66. The summed E-state index contributed by atoms with van der Waals surface area (Å²) in [7, 11) is 0. The highest BCUT2D eigenvalue weighted by Gasteiger charge is 2.23. The number of nitrogens with two attached hydrogens (primary N) is 2. The number of nitrogen functional groups attached to an aromatic ring is 1. The summed E-state index contributed by atoms with van der Waals surface area (Å²) < 4.78 is 18.1. The lowest BCUT2D eigenvalue weighted by Gasteiger charge is -2.27. The molecular weight excluding hydrogens is 438 g/mol. The third kappa shape index (κ3) is 5.30. The molecule has 4 rings (SSSR count). The minimum Gasteiger partial charge on any atom is -0.478 e. The van der Waals surface area contributed by atoms with Crippen LogP contribution in [-0.4, -0.2) is 61.4 Å². The first-order valence-electron chi connectivity index (χ1n) is 11.5. The third-order valence-electron chi connectivity index (χ3n) is 5.81. The molecule has 1 saturated heterocycles. The number of pyridine rings is 1. The number of imidazole rings is 1. The van der Waals surface area contributed by atoms with E-state index in [4.69, 9.17) is 25.6 Å². The van der Waals surface area contributed by atoms with Crippen LogP contribution in [0.3, 0.4) is 0 Å².